The molecule has 0 bridgehead atoms. The average Bonchev–Trinajstić information content (AvgIpc) is 2.46. The summed E-state index contributed by atoms with van der Waals surface area (Å²) < 4.78 is 13.1. The molecule has 0 spiro atoms. The Morgan fingerprint density at radius 2 is 1.76 bits per heavy atom. The molecule has 0 saturated carbocycles. The highest BCUT2D eigenvalue weighted by atomic mass is 35.5. The van der Waals surface area contributed by atoms with Gasteiger partial charge in [0.05, 0.1) is 6.04 Å². The number of nitrogens with zero attached hydrogens (tertiary/aromatic N) is 2. The van der Waals surface area contributed by atoms with Gasteiger partial charge in [-0.05, 0) is 25.1 Å². The minimum atomic E-state index is -0.527. The first-order valence-electron chi connectivity index (χ1n) is 6.58. The maximum absolute atomic E-state index is 13.1. The Bertz CT molecular complexity index is 517. The molecule has 1 heterocycles. The third-order valence-corrected chi connectivity index (χ3v) is 3.34. The molecule has 5 nitrogen and oxygen atoms in total. The highest BCUT2D eigenvalue weighted by molar-refractivity contribution is 5.94. The smallest absolute Gasteiger partial charge is 0.254 e. The predicted molar refractivity (Wildman–Crippen MR) is 79.8 cm³/mol. The van der Waals surface area contributed by atoms with Crippen LogP contribution < -0.4 is 5.73 Å². The van der Waals surface area contributed by atoms with Crippen molar-refractivity contribution >= 4 is 24.2 Å². The summed E-state index contributed by atoms with van der Waals surface area (Å²) in [6.07, 6.45) is 0. The second-order valence-corrected chi connectivity index (χ2v) is 4.92. The summed E-state index contributed by atoms with van der Waals surface area (Å²) in [4.78, 5) is 27.2. The highest BCUT2D eigenvalue weighted by Crippen LogP contribution is 2.10. The second kappa shape index (κ2) is 7.38. The van der Waals surface area contributed by atoms with Crippen LogP contribution in [0.4, 0.5) is 4.39 Å². The number of halogens is 2. The standard InChI is InChI=1S/C14H18FN3O2.ClH/c1-10(16)13(19)17-5-7-18(8-6-17)14(20)11-3-2-4-12(15)9-11;/h2-4,9-10H,5-8,16H2,1H3;1H. The van der Waals surface area contributed by atoms with Crippen LogP contribution in [0.5, 0.6) is 0 Å². The van der Waals surface area contributed by atoms with Crippen molar-refractivity contribution in [1.82, 2.24) is 9.80 Å². The van der Waals surface area contributed by atoms with Crippen molar-refractivity contribution in [3.63, 3.8) is 0 Å². The number of hydrogen-bond donors (Lipinski definition) is 1. The van der Waals surface area contributed by atoms with E-state index in [9.17, 15) is 14.0 Å². The number of piperazine rings is 1. The summed E-state index contributed by atoms with van der Waals surface area (Å²) in [7, 11) is 0. The Kier molecular flexibility index (Phi) is 6.11. The maximum atomic E-state index is 13.1. The van der Waals surface area contributed by atoms with Crippen molar-refractivity contribution in [2.24, 2.45) is 5.73 Å². The quantitative estimate of drug-likeness (QED) is 0.881. The van der Waals surface area contributed by atoms with Gasteiger partial charge in [-0.25, -0.2) is 4.39 Å². The largest absolute Gasteiger partial charge is 0.338 e. The lowest BCUT2D eigenvalue weighted by atomic mass is 10.1. The molecule has 1 atom stereocenters. The van der Waals surface area contributed by atoms with Crippen LogP contribution in [-0.2, 0) is 4.79 Å². The Balaban J connectivity index is 0.00000220. The molecule has 1 fully saturated rings. The van der Waals surface area contributed by atoms with Gasteiger partial charge in [-0.1, -0.05) is 6.07 Å². The topological polar surface area (TPSA) is 66.6 Å². The summed E-state index contributed by atoms with van der Waals surface area (Å²) in [5, 5.41) is 0. The Morgan fingerprint density at radius 3 is 2.29 bits per heavy atom. The van der Waals surface area contributed by atoms with E-state index in [-0.39, 0.29) is 24.2 Å². The number of carbonyl (C=O) groups is 2. The van der Waals surface area contributed by atoms with Gasteiger partial charge in [0.15, 0.2) is 0 Å². The molecule has 0 aliphatic carbocycles. The lowest BCUT2D eigenvalue weighted by molar-refractivity contribution is -0.133. The zero-order valence-electron chi connectivity index (χ0n) is 11.8. The minimum Gasteiger partial charge on any atom is -0.338 e. The molecule has 2 N–H and O–H groups in total. The van der Waals surface area contributed by atoms with E-state index in [1.54, 1.807) is 22.8 Å². The lowest BCUT2D eigenvalue weighted by Crippen LogP contribution is -2.53. The molecule has 1 aliphatic heterocycles. The molecule has 7 heteroatoms. The SMILES string of the molecule is CC(N)C(=O)N1CCN(C(=O)c2cccc(F)c2)CC1.Cl. The fraction of sp³-hybridized carbons (Fsp3) is 0.429. The first-order chi connectivity index (χ1) is 9.49. The molecular weight excluding hydrogens is 297 g/mol. The normalized spacial score (nSPS) is 16.1. The van der Waals surface area contributed by atoms with Gasteiger partial charge in [-0.2, -0.15) is 0 Å². The maximum Gasteiger partial charge on any atom is 0.254 e. The zero-order valence-corrected chi connectivity index (χ0v) is 12.6. The molecule has 0 radical (unpaired) electrons. The Labute approximate surface area is 129 Å². The van der Waals surface area contributed by atoms with Gasteiger partial charge < -0.3 is 15.5 Å². The van der Waals surface area contributed by atoms with Gasteiger partial charge in [0.2, 0.25) is 5.91 Å². The van der Waals surface area contributed by atoms with Gasteiger partial charge in [-0.3, -0.25) is 9.59 Å². The lowest BCUT2D eigenvalue weighted by Gasteiger charge is -2.35. The number of nitrogens with two attached hydrogens (primary N) is 1. The van der Waals surface area contributed by atoms with Crippen molar-refractivity contribution in [3.8, 4) is 0 Å². The fourth-order valence-electron chi connectivity index (χ4n) is 2.22. The van der Waals surface area contributed by atoms with Crippen LogP contribution in [0.3, 0.4) is 0 Å². The van der Waals surface area contributed by atoms with E-state index in [1.165, 1.54) is 18.2 Å². The van der Waals surface area contributed by atoms with Crippen molar-refractivity contribution < 1.29 is 14.0 Å². The first kappa shape index (κ1) is 17.4. The molecule has 1 saturated heterocycles. The summed E-state index contributed by atoms with van der Waals surface area (Å²) >= 11 is 0. The predicted octanol–water partition coefficient (Wildman–Crippen LogP) is 0.879. The van der Waals surface area contributed by atoms with Crippen LogP contribution in [-0.4, -0.2) is 53.8 Å². The summed E-state index contributed by atoms with van der Waals surface area (Å²) in [6.45, 7) is 3.44. The molecule has 1 aromatic rings. The van der Waals surface area contributed by atoms with Crippen LogP contribution in [0.15, 0.2) is 24.3 Å². The van der Waals surface area contributed by atoms with E-state index in [2.05, 4.69) is 0 Å². The molecule has 1 aliphatic rings. The molecule has 1 aromatic carbocycles. The average molecular weight is 316 g/mol. The van der Waals surface area contributed by atoms with Gasteiger partial charge in [-0.15, -0.1) is 12.4 Å². The number of benzene rings is 1. The van der Waals surface area contributed by atoms with Crippen LogP contribution in [0.25, 0.3) is 0 Å². The molecule has 116 valence electrons. The van der Waals surface area contributed by atoms with Crippen LogP contribution in [0.1, 0.15) is 17.3 Å². The van der Waals surface area contributed by atoms with E-state index >= 15 is 0 Å². The fourth-order valence-corrected chi connectivity index (χ4v) is 2.22. The van der Waals surface area contributed by atoms with Gasteiger partial charge >= 0.3 is 0 Å². The molecule has 2 amide bonds. The molecular formula is C14H19ClFN3O2. The zero-order chi connectivity index (χ0) is 14.7. The summed E-state index contributed by atoms with van der Waals surface area (Å²) in [5.41, 5.74) is 5.89. The van der Waals surface area contributed by atoms with Gasteiger partial charge in [0.1, 0.15) is 5.82 Å². The third kappa shape index (κ3) is 4.15. The molecule has 0 aromatic heterocycles. The number of carbonyl (C=O) groups excluding carboxylic acids is 2. The minimum absolute atomic E-state index is 0. The van der Waals surface area contributed by atoms with Crippen LogP contribution >= 0.6 is 12.4 Å². The van der Waals surface area contributed by atoms with E-state index in [4.69, 9.17) is 5.73 Å². The summed E-state index contributed by atoms with van der Waals surface area (Å²) in [5.74, 6) is -0.748. The highest BCUT2D eigenvalue weighted by Gasteiger charge is 2.26. The number of amides is 2. The number of rotatable bonds is 2. The van der Waals surface area contributed by atoms with E-state index in [0.717, 1.165) is 0 Å². The number of hydrogen-bond acceptors (Lipinski definition) is 3. The van der Waals surface area contributed by atoms with Gasteiger partial charge in [0.25, 0.3) is 5.91 Å². The molecule has 2 rings (SSSR count). The summed E-state index contributed by atoms with van der Waals surface area (Å²) in [6, 6.07) is 5.10. The third-order valence-electron chi connectivity index (χ3n) is 3.34. The van der Waals surface area contributed by atoms with E-state index in [1.807, 2.05) is 0 Å². The van der Waals surface area contributed by atoms with Crippen molar-refractivity contribution in [2.45, 2.75) is 13.0 Å². The van der Waals surface area contributed by atoms with Crippen LogP contribution in [0, 0.1) is 5.82 Å². The van der Waals surface area contributed by atoms with Crippen molar-refractivity contribution in [2.75, 3.05) is 26.2 Å². The van der Waals surface area contributed by atoms with Crippen LogP contribution in [0.2, 0.25) is 0 Å². The van der Waals surface area contributed by atoms with E-state index < -0.39 is 11.9 Å². The Hall–Kier alpha value is -1.66. The molecule has 1 unspecified atom stereocenters. The Morgan fingerprint density at radius 1 is 1.19 bits per heavy atom. The first-order valence-corrected chi connectivity index (χ1v) is 6.58. The van der Waals surface area contributed by atoms with Gasteiger partial charge in [0, 0.05) is 31.7 Å². The van der Waals surface area contributed by atoms with E-state index in [0.29, 0.717) is 31.7 Å². The monoisotopic (exact) mass is 315 g/mol. The van der Waals surface area contributed by atoms with Crippen molar-refractivity contribution in [3.05, 3.63) is 35.6 Å². The van der Waals surface area contributed by atoms with Crippen molar-refractivity contribution in [1.29, 1.82) is 0 Å². The second-order valence-electron chi connectivity index (χ2n) is 4.92. The molecule has 21 heavy (non-hydrogen) atoms.